The number of fused-ring (bicyclic) bond motifs is 4. The lowest BCUT2D eigenvalue weighted by Gasteiger charge is -2.35. The average Bonchev–Trinajstić information content (AvgIpc) is 2.85. The monoisotopic (exact) mass is 329 g/mol. The second-order valence-electron chi connectivity index (χ2n) is 7.78. The van der Waals surface area contributed by atoms with Crippen LogP contribution in [0.4, 0.5) is 0 Å². The fourth-order valence-electron chi connectivity index (χ4n) is 5.11. The molecule has 25 heavy (non-hydrogen) atoms. The van der Waals surface area contributed by atoms with Crippen LogP contribution in [-0.2, 0) is 0 Å². The maximum Gasteiger partial charge on any atom is 0.167 e. The Morgan fingerprint density at radius 1 is 0.880 bits per heavy atom. The molecule has 2 heteroatoms. The molecule has 0 spiro atoms. The fourth-order valence-corrected chi connectivity index (χ4v) is 5.11. The second-order valence-corrected chi connectivity index (χ2v) is 7.78. The Bertz CT molecular complexity index is 908. The van der Waals surface area contributed by atoms with Crippen molar-refractivity contribution in [2.24, 2.45) is 5.92 Å². The zero-order chi connectivity index (χ0) is 17.0. The molecule has 2 fully saturated rings. The third-order valence-corrected chi connectivity index (χ3v) is 6.49. The lowest BCUT2D eigenvalue weighted by atomic mass is 9.82. The van der Waals surface area contributed by atoms with Crippen molar-refractivity contribution in [3.8, 4) is 0 Å². The third-order valence-electron chi connectivity index (χ3n) is 6.49. The molecule has 0 radical (unpaired) electrons. The maximum absolute atomic E-state index is 13.6. The van der Waals surface area contributed by atoms with Gasteiger partial charge in [0.05, 0.1) is 0 Å². The topological polar surface area (TPSA) is 20.3 Å². The number of carbonyl (C=O) groups excluding carboxylic acids is 1. The molecule has 2 saturated heterocycles. The highest BCUT2D eigenvalue weighted by molar-refractivity contribution is 6.19. The smallest absolute Gasteiger partial charge is 0.167 e. The van der Waals surface area contributed by atoms with Gasteiger partial charge in [-0.15, -0.1) is 0 Å². The van der Waals surface area contributed by atoms with E-state index in [1.807, 2.05) is 12.1 Å². The van der Waals surface area contributed by atoms with Gasteiger partial charge in [-0.1, -0.05) is 48.5 Å². The van der Waals surface area contributed by atoms with Crippen LogP contribution in [0.2, 0.25) is 0 Å². The van der Waals surface area contributed by atoms with Crippen molar-refractivity contribution in [2.75, 3.05) is 7.05 Å². The van der Waals surface area contributed by atoms with E-state index < -0.39 is 0 Å². The van der Waals surface area contributed by atoms with Gasteiger partial charge in [-0.25, -0.2) is 0 Å². The quantitative estimate of drug-likeness (QED) is 0.484. The minimum absolute atomic E-state index is 0.169. The summed E-state index contributed by atoms with van der Waals surface area (Å²) in [5.41, 5.74) is 0.947. The van der Waals surface area contributed by atoms with Crippen molar-refractivity contribution in [3.63, 3.8) is 0 Å². The molecule has 0 aliphatic carbocycles. The van der Waals surface area contributed by atoms with Crippen LogP contribution in [0.25, 0.3) is 21.5 Å². The van der Waals surface area contributed by atoms with E-state index in [0.717, 1.165) is 29.2 Å². The first kappa shape index (κ1) is 15.1. The van der Waals surface area contributed by atoms with Gasteiger partial charge in [-0.2, -0.15) is 0 Å². The number of hydrogen-bond acceptors (Lipinski definition) is 2. The number of carbonyl (C=O) groups is 1. The zero-order valence-electron chi connectivity index (χ0n) is 14.6. The summed E-state index contributed by atoms with van der Waals surface area (Å²) in [5.74, 6) is 0.529. The Labute approximate surface area is 148 Å². The Balaban J connectivity index is 1.67. The number of Topliss-reactive ketones (excluding diaryl/α,β-unsaturated/α-hetero) is 1. The summed E-state index contributed by atoms with van der Waals surface area (Å²) in [5, 5.41) is 4.55. The molecule has 5 rings (SSSR count). The van der Waals surface area contributed by atoms with E-state index in [-0.39, 0.29) is 5.92 Å². The normalized spacial score (nSPS) is 26.4. The van der Waals surface area contributed by atoms with E-state index in [4.69, 9.17) is 0 Å². The predicted molar refractivity (Wildman–Crippen MR) is 103 cm³/mol. The molecule has 2 aliphatic rings. The molecule has 0 N–H and O–H groups in total. The SMILES string of the molecule is CN1C2CCC1CC(C(=O)c1c3ccccc3cc3ccccc13)C2. The molecule has 2 unspecified atom stereocenters. The number of benzene rings is 3. The highest BCUT2D eigenvalue weighted by atomic mass is 16.1. The molecular formula is C23H23NO. The highest BCUT2D eigenvalue weighted by Crippen LogP contribution is 2.40. The first-order valence-corrected chi connectivity index (χ1v) is 9.39. The van der Waals surface area contributed by atoms with Gasteiger partial charge in [0.15, 0.2) is 5.78 Å². The Morgan fingerprint density at radius 3 is 1.96 bits per heavy atom. The molecule has 2 aliphatic heterocycles. The second kappa shape index (κ2) is 5.67. The van der Waals surface area contributed by atoms with E-state index in [9.17, 15) is 4.79 Å². The van der Waals surface area contributed by atoms with Gasteiger partial charge in [0.25, 0.3) is 0 Å². The summed E-state index contributed by atoms with van der Waals surface area (Å²) in [6.45, 7) is 0. The van der Waals surface area contributed by atoms with Crippen molar-refractivity contribution in [1.82, 2.24) is 4.90 Å². The molecule has 2 bridgehead atoms. The number of nitrogens with zero attached hydrogens (tertiary/aromatic N) is 1. The lowest BCUT2D eigenvalue weighted by Crippen LogP contribution is -2.42. The van der Waals surface area contributed by atoms with Crippen LogP contribution < -0.4 is 0 Å². The van der Waals surface area contributed by atoms with E-state index in [1.165, 1.54) is 23.6 Å². The van der Waals surface area contributed by atoms with Gasteiger partial charge < -0.3 is 4.90 Å². The standard InChI is InChI=1S/C23H23NO/c1-24-18-10-11-19(24)14-17(13-18)23(25)22-20-8-4-2-6-15(20)12-16-7-3-5-9-21(16)22/h2-9,12,17-19H,10-11,13-14H2,1H3. The van der Waals surface area contributed by atoms with Crippen molar-refractivity contribution >= 4 is 27.3 Å². The fraction of sp³-hybridized carbons (Fsp3) is 0.348. The Kier molecular flexibility index (Phi) is 3.42. The van der Waals surface area contributed by atoms with Crippen LogP contribution in [0, 0.1) is 5.92 Å². The van der Waals surface area contributed by atoms with Gasteiger partial charge in [0.2, 0.25) is 0 Å². The van der Waals surface area contributed by atoms with Crippen LogP contribution in [0.3, 0.4) is 0 Å². The van der Waals surface area contributed by atoms with E-state index in [2.05, 4.69) is 54.4 Å². The lowest BCUT2D eigenvalue weighted by molar-refractivity contribution is 0.0770. The summed E-state index contributed by atoms with van der Waals surface area (Å²) in [7, 11) is 2.23. The van der Waals surface area contributed by atoms with Crippen molar-refractivity contribution in [1.29, 1.82) is 0 Å². The summed E-state index contributed by atoms with van der Waals surface area (Å²) in [6, 6.07) is 20.1. The molecule has 126 valence electrons. The van der Waals surface area contributed by atoms with E-state index in [0.29, 0.717) is 17.9 Å². The molecule has 0 amide bonds. The number of piperidine rings is 1. The van der Waals surface area contributed by atoms with Crippen molar-refractivity contribution < 1.29 is 4.79 Å². The summed E-state index contributed by atoms with van der Waals surface area (Å²) in [6.07, 6.45) is 4.54. The summed E-state index contributed by atoms with van der Waals surface area (Å²) in [4.78, 5) is 16.1. The minimum atomic E-state index is 0.169. The van der Waals surface area contributed by atoms with Crippen LogP contribution in [0.1, 0.15) is 36.0 Å². The first-order chi connectivity index (χ1) is 12.2. The highest BCUT2D eigenvalue weighted by Gasteiger charge is 2.41. The molecule has 0 aromatic heterocycles. The molecule has 3 aromatic carbocycles. The van der Waals surface area contributed by atoms with Crippen molar-refractivity contribution in [2.45, 2.75) is 37.8 Å². The van der Waals surface area contributed by atoms with Gasteiger partial charge in [0, 0.05) is 23.6 Å². The van der Waals surface area contributed by atoms with Crippen LogP contribution in [-0.4, -0.2) is 29.8 Å². The number of ketones is 1. The Hall–Kier alpha value is -2.19. The average molecular weight is 329 g/mol. The molecule has 2 atom stereocenters. The molecule has 2 heterocycles. The van der Waals surface area contributed by atoms with Crippen LogP contribution in [0.15, 0.2) is 54.6 Å². The van der Waals surface area contributed by atoms with Gasteiger partial charge >= 0.3 is 0 Å². The van der Waals surface area contributed by atoms with Gasteiger partial charge in [-0.3, -0.25) is 4.79 Å². The number of rotatable bonds is 2. The van der Waals surface area contributed by atoms with E-state index >= 15 is 0 Å². The van der Waals surface area contributed by atoms with Crippen molar-refractivity contribution in [3.05, 3.63) is 60.2 Å². The zero-order valence-corrected chi connectivity index (χ0v) is 14.6. The molecular weight excluding hydrogens is 306 g/mol. The predicted octanol–water partition coefficient (Wildman–Crippen LogP) is 5.05. The Morgan fingerprint density at radius 2 is 1.40 bits per heavy atom. The van der Waals surface area contributed by atoms with Gasteiger partial charge in [0.1, 0.15) is 0 Å². The van der Waals surface area contributed by atoms with Gasteiger partial charge in [-0.05, 0) is 60.3 Å². The molecule has 3 aromatic rings. The van der Waals surface area contributed by atoms with Crippen LogP contribution in [0.5, 0.6) is 0 Å². The molecule has 0 saturated carbocycles. The summed E-state index contributed by atoms with van der Waals surface area (Å²) < 4.78 is 0. The molecule has 2 nitrogen and oxygen atoms in total. The third kappa shape index (κ3) is 2.31. The minimum Gasteiger partial charge on any atom is -0.300 e. The van der Waals surface area contributed by atoms with E-state index in [1.54, 1.807) is 0 Å². The summed E-state index contributed by atoms with van der Waals surface area (Å²) >= 11 is 0. The largest absolute Gasteiger partial charge is 0.300 e. The van der Waals surface area contributed by atoms with Crippen LogP contribution >= 0.6 is 0 Å². The maximum atomic E-state index is 13.6. The number of hydrogen-bond donors (Lipinski definition) is 0. The first-order valence-electron chi connectivity index (χ1n) is 9.39.